The topological polar surface area (TPSA) is 59.2 Å². The average Bonchev–Trinajstić information content (AvgIpc) is 3.13. The molecule has 0 spiro atoms. The van der Waals surface area contributed by atoms with Crippen LogP contribution >= 0.6 is 0 Å². The molecule has 5 nitrogen and oxygen atoms in total. The Morgan fingerprint density at radius 3 is 3.09 bits per heavy atom. The van der Waals surface area contributed by atoms with Crippen LogP contribution in [0, 0.1) is 0 Å². The largest absolute Gasteiger partial charge is 0.394 e. The lowest BCUT2D eigenvalue weighted by Gasteiger charge is -2.03. The summed E-state index contributed by atoms with van der Waals surface area (Å²) in [5.74, 6) is 0.797. The maximum Gasteiger partial charge on any atom is 0.172 e. The van der Waals surface area contributed by atoms with E-state index in [1.165, 1.54) is 23.2 Å². The number of aromatic nitrogens is 3. The third-order valence-electron chi connectivity index (χ3n) is 4.59. The van der Waals surface area contributed by atoms with E-state index in [1.54, 1.807) is 0 Å². The van der Waals surface area contributed by atoms with E-state index in [9.17, 15) is 0 Å². The fourth-order valence-corrected chi connectivity index (χ4v) is 3.42. The van der Waals surface area contributed by atoms with Crippen molar-refractivity contribution in [2.45, 2.75) is 25.7 Å². The maximum absolute atomic E-state index is 6.29. The summed E-state index contributed by atoms with van der Waals surface area (Å²) < 4.78 is 4.10. The minimum absolute atomic E-state index is 0.748. The van der Waals surface area contributed by atoms with Crippen LogP contribution in [0.15, 0.2) is 36.7 Å². The molecule has 0 unspecified atom stereocenters. The lowest BCUT2D eigenvalue weighted by Crippen LogP contribution is -2.27. The van der Waals surface area contributed by atoms with E-state index in [0.29, 0.717) is 0 Å². The minimum Gasteiger partial charge on any atom is -0.394 e. The number of hydrogen-bond donors (Lipinski definition) is 2. The van der Waals surface area contributed by atoms with Crippen molar-refractivity contribution in [3.05, 3.63) is 53.5 Å². The molecule has 0 fully saturated rings. The van der Waals surface area contributed by atoms with E-state index in [0.717, 1.165) is 42.8 Å². The zero-order chi connectivity index (χ0) is 15.8. The van der Waals surface area contributed by atoms with Crippen LogP contribution in [0.2, 0.25) is 0 Å². The third-order valence-corrected chi connectivity index (χ3v) is 4.59. The highest BCUT2D eigenvalue weighted by Gasteiger charge is 2.18. The maximum atomic E-state index is 6.29. The molecule has 0 aromatic carbocycles. The highest BCUT2D eigenvalue weighted by atomic mass is 15.3. The normalized spacial score (nSPS) is 13.4. The molecule has 0 amide bonds. The van der Waals surface area contributed by atoms with Crippen molar-refractivity contribution in [1.29, 1.82) is 0 Å². The molecule has 23 heavy (non-hydrogen) atoms. The highest BCUT2D eigenvalue weighted by Crippen LogP contribution is 2.29. The first kappa shape index (κ1) is 14.1. The Bertz CT molecular complexity index is 865. The average molecular weight is 308 g/mol. The van der Waals surface area contributed by atoms with E-state index in [2.05, 4.69) is 40.3 Å². The summed E-state index contributed by atoms with van der Waals surface area (Å²) in [7, 11) is 2.04. The SMILES string of the molecule is C[n+]1cccc(CCNc2nn3c4c(ccc3c2N)CCC4)c1. The van der Waals surface area contributed by atoms with E-state index in [-0.39, 0.29) is 0 Å². The van der Waals surface area contributed by atoms with Crippen molar-refractivity contribution >= 4 is 17.0 Å². The van der Waals surface area contributed by atoms with Gasteiger partial charge >= 0.3 is 0 Å². The number of nitrogens with zero attached hydrogens (tertiary/aromatic N) is 3. The van der Waals surface area contributed by atoms with E-state index >= 15 is 0 Å². The van der Waals surface area contributed by atoms with E-state index in [1.807, 2.05) is 17.8 Å². The Morgan fingerprint density at radius 2 is 2.22 bits per heavy atom. The van der Waals surface area contributed by atoms with Gasteiger partial charge in [-0.1, -0.05) is 6.07 Å². The van der Waals surface area contributed by atoms with Gasteiger partial charge in [-0.15, -0.1) is 5.10 Å². The van der Waals surface area contributed by atoms with Crippen LogP contribution < -0.4 is 15.6 Å². The van der Waals surface area contributed by atoms with Crippen molar-refractivity contribution < 1.29 is 4.57 Å². The van der Waals surface area contributed by atoms with Gasteiger partial charge in [-0.3, -0.25) is 0 Å². The van der Waals surface area contributed by atoms with Gasteiger partial charge in [-0.2, -0.15) is 0 Å². The summed E-state index contributed by atoms with van der Waals surface area (Å²) in [6.45, 7) is 0.820. The molecule has 0 bridgehead atoms. The summed E-state index contributed by atoms with van der Waals surface area (Å²) in [5, 5.41) is 8.10. The number of nitrogens with one attached hydrogen (secondary N) is 1. The van der Waals surface area contributed by atoms with Crippen LogP contribution in [0.1, 0.15) is 23.2 Å². The first-order valence-corrected chi connectivity index (χ1v) is 8.19. The molecule has 5 heteroatoms. The fraction of sp³-hybridized carbons (Fsp3) is 0.333. The Morgan fingerprint density at radius 1 is 1.30 bits per heavy atom. The number of nitrogen functional groups attached to an aromatic ring is 1. The summed E-state index contributed by atoms with van der Waals surface area (Å²) in [6.07, 6.45) is 8.58. The fourth-order valence-electron chi connectivity index (χ4n) is 3.42. The van der Waals surface area contributed by atoms with E-state index < -0.39 is 0 Å². The van der Waals surface area contributed by atoms with Gasteiger partial charge in [0.25, 0.3) is 0 Å². The summed E-state index contributed by atoms with van der Waals surface area (Å²) in [5.41, 5.74) is 12.1. The van der Waals surface area contributed by atoms with Crippen LogP contribution in [0.4, 0.5) is 11.5 Å². The smallest absolute Gasteiger partial charge is 0.172 e. The monoisotopic (exact) mass is 308 g/mol. The zero-order valence-electron chi connectivity index (χ0n) is 13.4. The van der Waals surface area contributed by atoms with Crippen LogP contribution in [0.25, 0.3) is 5.52 Å². The highest BCUT2D eigenvalue weighted by molar-refractivity contribution is 5.81. The van der Waals surface area contributed by atoms with Gasteiger partial charge in [0, 0.05) is 23.9 Å². The number of fused-ring (bicyclic) bond motifs is 3. The molecular weight excluding hydrogens is 286 g/mol. The van der Waals surface area contributed by atoms with Gasteiger partial charge < -0.3 is 11.1 Å². The molecule has 0 aliphatic heterocycles. The van der Waals surface area contributed by atoms with Gasteiger partial charge in [0.05, 0.1) is 5.52 Å². The Balaban J connectivity index is 1.54. The molecule has 3 N–H and O–H groups in total. The molecule has 0 radical (unpaired) electrons. The van der Waals surface area contributed by atoms with E-state index in [4.69, 9.17) is 10.8 Å². The first-order chi connectivity index (χ1) is 11.2. The lowest BCUT2D eigenvalue weighted by atomic mass is 10.2. The zero-order valence-corrected chi connectivity index (χ0v) is 13.4. The number of rotatable bonds is 4. The van der Waals surface area contributed by atoms with Crippen molar-refractivity contribution in [1.82, 2.24) is 9.61 Å². The van der Waals surface area contributed by atoms with Crippen LogP contribution in [0.5, 0.6) is 0 Å². The molecule has 1 aliphatic rings. The molecule has 0 atom stereocenters. The number of nitrogens with two attached hydrogens (primary N) is 1. The van der Waals surface area contributed by atoms with Gasteiger partial charge in [0.15, 0.2) is 18.2 Å². The standard InChI is InChI=1S/C18H22N5/c1-22-11-3-4-13(12-22)9-10-20-18-17(19)16-8-7-14-5-2-6-15(14)23(16)21-18/h3-4,7-8,11-12H,2,5-6,9-10,19H2,1H3,(H,20,21)/q+1. The molecule has 4 rings (SSSR count). The van der Waals surface area contributed by atoms with Crippen molar-refractivity contribution in [3.63, 3.8) is 0 Å². The number of pyridine rings is 2. The molecule has 3 aromatic rings. The molecule has 1 aliphatic carbocycles. The second-order valence-electron chi connectivity index (χ2n) is 6.27. The third kappa shape index (κ3) is 2.52. The van der Waals surface area contributed by atoms with Gasteiger partial charge in [0.2, 0.25) is 0 Å². The first-order valence-electron chi connectivity index (χ1n) is 8.19. The second kappa shape index (κ2) is 5.57. The van der Waals surface area contributed by atoms with Gasteiger partial charge in [0.1, 0.15) is 12.7 Å². The number of hydrogen-bond acceptors (Lipinski definition) is 3. The Labute approximate surface area is 135 Å². The van der Waals surface area contributed by atoms with Crippen LogP contribution in [-0.2, 0) is 26.3 Å². The van der Waals surface area contributed by atoms with Gasteiger partial charge in [-0.25, -0.2) is 9.08 Å². The van der Waals surface area contributed by atoms with Crippen molar-refractivity contribution in [3.8, 4) is 0 Å². The minimum atomic E-state index is 0.748. The predicted molar refractivity (Wildman–Crippen MR) is 91.4 cm³/mol. The summed E-state index contributed by atoms with van der Waals surface area (Å²) in [4.78, 5) is 0. The summed E-state index contributed by atoms with van der Waals surface area (Å²) >= 11 is 0. The second-order valence-corrected chi connectivity index (χ2v) is 6.27. The molecule has 0 saturated heterocycles. The molecule has 118 valence electrons. The number of anilines is 2. The quantitative estimate of drug-likeness (QED) is 0.724. The molecular formula is C18H22N5+. The Hall–Kier alpha value is -2.56. The Kier molecular flexibility index (Phi) is 3.41. The molecule has 3 aromatic heterocycles. The molecule has 3 heterocycles. The van der Waals surface area contributed by atoms with Crippen LogP contribution in [-0.4, -0.2) is 16.2 Å². The van der Waals surface area contributed by atoms with Crippen LogP contribution in [0.3, 0.4) is 0 Å². The predicted octanol–water partition coefficient (Wildman–Crippen LogP) is 1.88. The van der Waals surface area contributed by atoms with Crippen molar-refractivity contribution in [2.24, 2.45) is 7.05 Å². The van der Waals surface area contributed by atoms with Crippen molar-refractivity contribution in [2.75, 3.05) is 17.6 Å². The lowest BCUT2D eigenvalue weighted by molar-refractivity contribution is -0.671. The summed E-state index contributed by atoms with van der Waals surface area (Å²) in [6, 6.07) is 8.50. The van der Waals surface area contributed by atoms with Gasteiger partial charge in [-0.05, 0) is 43.4 Å². The number of aryl methyl sites for hydroxylation is 3. The molecule has 0 saturated carbocycles.